The topological polar surface area (TPSA) is 77.1 Å². The van der Waals surface area contributed by atoms with Gasteiger partial charge >= 0.3 is 12.0 Å². The Labute approximate surface area is 134 Å². The first-order valence-corrected chi connectivity index (χ1v) is 7.64. The largest absolute Gasteiger partial charge is 0.465 e. The molecule has 2 heterocycles. The van der Waals surface area contributed by atoms with Gasteiger partial charge in [-0.25, -0.2) is 9.59 Å². The van der Waals surface area contributed by atoms with E-state index in [4.69, 9.17) is 9.47 Å². The number of piperidine rings is 1. The van der Waals surface area contributed by atoms with Gasteiger partial charge in [-0.2, -0.15) is 0 Å². The summed E-state index contributed by atoms with van der Waals surface area (Å²) in [5.74, 6) is -0.932. The molecule has 0 saturated carbocycles. The van der Waals surface area contributed by atoms with E-state index in [1.807, 2.05) is 0 Å². The fourth-order valence-corrected chi connectivity index (χ4v) is 2.88. The lowest BCUT2D eigenvalue weighted by Crippen LogP contribution is -2.48. The van der Waals surface area contributed by atoms with E-state index in [2.05, 4.69) is 10.1 Å². The van der Waals surface area contributed by atoms with Crippen LogP contribution in [0.2, 0.25) is 0 Å². The maximum Gasteiger partial charge on any atom is 0.337 e. The van der Waals surface area contributed by atoms with Crippen molar-refractivity contribution in [2.24, 2.45) is 0 Å². The Balaban J connectivity index is 1.58. The number of rotatable bonds is 2. The molecule has 0 aliphatic carbocycles. The molecule has 0 aromatic heterocycles. The molecule has 2 aliphatic heterocycles. The number of urea groups is 1. The summed E-state index contributed by atoms with van der Waals surface area (Å²) in [5, 5.41) is 2.81. The monoisotopic (exact) mass is 320 g/mol. The molecule has 2 saturated heterocycles. The minimum Gasteiger partial charge on any atom is -0.465 e. The van der Waals surface area contributed by atoms with Gasteiger partial charge in [0.2, 0.25) is 0 Å². The van der Waals surface area contributed by atoms with E-state index in [-0.39, 0.29) is 6.03 Å². The van der Waals surface area contributed by atoms with Crippen LogP contribution in [-0.4, -0.2) is 56.1 Å². The van der Waals surface area contributed by atoms with Crippen molar-refractivity contribution in [1.29, 1.82) is 0 Å². The SMILES string of the molecule is COC(=O)c1cccc(NC(=O)N2CCC3(CC2)OCCO3)c1. The number of hydrogen-bond donors (Lipinski definition) is 1. The number of hydrogen-bond acceptors (Lipinski definition) is 5. The normalized spacial score (nSPS) is 19.6. The van der Waals surface area contributed by atoms with Gasteiger partial charge in [0.15, 0.2) is 5.79 Å². The third-order valence-electron chi connectivity index (χ3n) is 4.16. The van der Waals surface area contributed by atoms with E-state index < -0.39 is 11.8 Å². The van der Waals surface area contributed by atoms with Gasteiger partial charge in [-0.1, -0.05) is 6.07 Å². The second-order valence-corrected chi connectivity index (χ2v) is 5.60. The summed E-state index contributed by atoms with van der Waals surface area (Å²) in [6.07, 6.45) is 1.34. The number of likely N-dealkylation sites (tertiary alicyclic amines) is 1. The van der Waals surface area contributed by atoms with Crippen molar-refractivity contribution in [3.8, 4) is 0 Å². The number of esters is 1. The van der Waals surface area contributed by atoms with E-state index in [1.165, 1.54) is 7.11 Å². The smallest absolute Gasteiger partial charge is 0.337 e. The van der Waals surface area contributed by atoms with E-state index in [0.717, 1.165) is 0 Å². The summed E-state index contributed by atoms with van der Waals surface area (Å²) in [5.41, 5.74) is 0.960. The molecule has 7 heteroatoms. The van der Waals surface area contributed by atoms with Crippen LogP contribution < -0.4 is 5.32 Å². The number of amides is 2. The molecule has 1 aromatic rings. The van der Waals surface area contributed by atoms with E-state index in [1.54, 1.807) is 29.2 Å². The molecule has 23 heavy (non-hydrogen) atoms. The molecule has 1 aromatic carbocycles. The first kappa shape index (κ1) is 15.8. The summed E-state index contributed by atoms with van der Waals surface area (Å²) in [6, 6.07) is 6.48. The molecule has 0 atom stereocenters. The summed E-state index contributed by atoms with van der Waals surface area (Å²) < 4.78 is 16.0. The molecule has 0 radical (unpaired) electrons. The maximum atomic E-state index is 12.3. The predicted molar refractivity (Wildman–Crippen MR) is 82.2 cm³/mol. The lowest BCUT2D eigenvalue weighted by molar-refractivity contribution is -0.181. The molecular formula is C16H20N2O5. The minimum absolute atomic E-state index is 0.195. The first-order chi connectivity index (χ1) is 11.1. The summed E-state index contributed by atoms with van der Waals surface area (Å²) >= 11 is 0. The van der Waals surface area contributed by atoms with Gasteiger partial charge in [-0.15, -0.1) is 0 Å². The third kappa shape index (κ3) is 3.46. The number of nitrogens with one attached hydrogen (secondary N) is 1. The molecular weight excluding hydrogens is 300 g/mol. The van der Waals surface area contributed by atoms with Crippen LogP contribution in [0.1, 0.15) is 23.2 Å². The molecule has 0 bridgehead atoms. The average molecular weight is 320 g/mol. The first-order valence-electron chi connectivity index (χ1n) is 7.64. The van der Waals surface area contributed by atoms with Gasteiger partial charge in [-0.05, 0) is 18.2 Å². The standard InChI is InChI=1S/C16H20N2O5/c1-21-14(19)12-3-2-4-13(11-12)17-15(20)18-7-5-16(6-8-18)22-9-10-23-16/h2-4,11H,5-10H2,1H3,(H,17,20). The van der Waals surface area contributed by atoms with Crippen molar-refractivity contribution in [2.45, 2.75) is 18.6 Å². The van der Waals surface area contributed by atoms with Gasteiger partial charge in [0.05, 0.1) is 25.9 Å². The minimum atomic E-state index is -0.498. The van der Waals surface area contributed by atoms with Gasteiger partial charge < -0.3 is 24.4 Å². The van der Waals surface area contributed by atoms with E-state index in [9.17, 15) is 9.59 Å². The van der Waals surface area contributed by atoms with Gasteiger partial charge in [-0.3, -0.25) is 0 Å². The Kier molecular flexibility index (Phi) is 4.49. The van der Waals surface area contributed by atoms with Gasteiger partial charge in [0, 0.05) is 31.6 Å². The number of carbonyl (C=O) groups excluding carboxylic acids is 2. The second kappa shape index (κ2) is 6.55. The Morgan fingerprint density at radius 1 is 1.22 bits per heavy atom. The highest BCUT2D eigenvalue weighted by molar-refractivity contribution is 5.93. The summed E-state index contributed by atoms with van der Waals surface area (Å²) in [7, 11) is 1.32. The zero-order chi connectivity index (χ0) is 16.3. The predicted octanol–water partition coefficient (Wildman–Crippen LogP) is 1.84. The van der Waals surface area contributed by atoms with Gasteiger partial charge in [0.1, 0.15) is 0 Å². The molecule has 0 unspecified atom stereocenters. The Bertz CT molecular complexity index is 588. The fourth-order valence-electron chi connectivity index (χ4n) is 2.88. The second-order valence-electron chi connectivity index (χ2n) is 5.60. The van der Waals surface area contributed by atoms with Crippen LogP contribution in [0.25, 0.3) is 0 Å². The lowest BCUT2D eigenvalue weighted by atomic mass is 10.0. The molecule has 2 aliphatic rings. The van der Waals surface area contributed by atoms with Crippen LogP contribution in [0.3, 0.4) is 0 Å². The molecule has 7 nitrogen and oxygen atoms in total. The zero-order valence-electron chi connectivity index (χ0n) is 13.0. The molecule has 1 N–H and O–H groups in total. The number of carbonyl (C=O) groups is 2. The van der Waals surface area contributed by atoms with Crippen LogP contribution in [0, 0.1) is 0 Å². The molecule has 124 valence electrons. The van der Waals surface area contributed by atoms with Crippen LogP contribution in [-0.2, 0) is 14.2 Å². The molecule has 3 rings (SSSR count). The average Bonchev–Trinajstić information content (AvgIpc) is 3.03. The number of nitrogens with zero attached hydrogens (tertiary/aromatic N) is 1. The van der Waals surface area contributed by atoms with Crippen molar-refractivity contribution in [1.82, 2.24) is 4.90 Å². The Morgan fingerprint density at radius 3 is 2.57 bits per heavy atom. The Hall–Kier alpha value is -2.12. The van der Waals surface area contributed by atoms with Crippen molar-refractivity contribution in [2.75, 3.05) is 38.7 Å². The summed E-state index contributed by atoms with van der Waals surface area (Å²) in [4.78, 5) is 25.6. The van der Waals surface area contributed by atoms with Crippen molar-refractivity contribution < 1.29 is 23.8 Å². The summed E-state index contributed by atoms with van der Waals surface area (Å²) in [6.45, 7) is 2.38. The molecule has 2 fully saturated rings. The number of methoxy groups -OCH3 is 1. The number of anilines is 1. The molecule has 1 spiro atoms. The van der Waals surface area contributed by atoms with Crippen molar-refractivity contribution in [3.05, 3.63) is 29.8 Å². The van der Waals surface area contributed by atoms with E-state index in [0.29, 0.717) is 50.4 Å². The number of benzene rings is 1. The van der Waals surface area contributed by atoms with Crippen molar-refractivity contribution >= 4 is 17.7 Å². The van der Waals surface area contributed by atoms with Crippen LogP contribution in [0.15, 0.2) is 24.3 Å². The third-order valence-corrected chi connectivity index (χ3v) is 4.16. The fraction of sp³-hybridized carbons (Fsp3) is 0.500. The van der Waals surface area contributed by atoms with Crippen LogP contribution >= 0.6 is 0 Å². The lowest BCUT2D eigenvalue weighted by Gasteiger charge is -2.37. The maximum absolute atomic E-state index is 12.3. The Morgan fingerprint density at radius 2 is 1.91 bits per heavy atom. The van der Waals surface area contributed by atoms with E-state index >= 15 is 0 Å². The highest BCUT2D eigenvalue weighted by atomic mass is 16.7. The zero-order valence-corrected chi connectivity index (χ0v) is 13.0. The highest BCUT2D eigenvalue weighted by Gasteiger charge is 2.40. The quantitative estimate of drug-likeness (QED) is 0.842. The van der Waals surface area contributed by atoms with Crippen molar-refractivity contribution in [3.63, 3.8) is 0 Å². The van der Waals surface area contributed by atoms with Gasteiger partial charge in [0.25, 0.3) is 0 Å². The van der Waals surface area contributed by atoms with Crippen LogP contribution in [0.5, 0.6) is 0 Å². The highest BCUT2D eigenvalue weighted by Crippen LogP contribution is 2.31. The molecule has 2 amide bonds. The van der Waals surface area contributed by atoms with Crippen LogP contribution in [0.4, 0.5) is 10.5 Å². The number of ether oxygens (including phenoxy) is 3.